The monoisotopic (exact) mass is 487 g/mol. The summed E-state index contributed by atoms with van der Waals surface area (Å²) in [4.78, 5) is 29.7. The zero-order valence-electron chi connectivity index (χ0n) is 16.7. The van der Waals surface area contributed by atoms with Crippen LogP contribution in [0.1, 0.15) is 5.82 Å². The number of amides is 1. The molecule has 0 radical (unpaired) electrons. The van der Waals surface area contributed by atoms with E-state index in [1.54, 1.807) is 49.4 Å². The highest BCUT2D eigenvalue weighted by Crippen LogP contribution is 2.33. The summed E-state index contributed by atoms with van der Waals surface area (Å²) in [5, 5.41) is 4.08. The van der Waals surface area contributed by atoms with Gasteiger partial charge in [0.1, 0.15) is 11.6 Å². The Hall–Kier alpha value is -3.06. The van der Waals surface area contributed by atoms with Crippen molar-refractivity contribution in [2.45, 2.75) is 6.92 Å². The Kier molecular flexibility index (Phi) is 6.37. The van der Waals surface area contributed by atoms with Gasteiger partial charge in [-0.05, 0) is 49.4 Å². The van der Waals surface area contributed by atoms with Gasteiger partial charge in [0.2, 0.25) is 0 Å². The van der Waals surface area contributed by atoms with Gasteiger partial charge < -0.3 is 10.1 Å². The number of benzene rings is 3. The zero-order chi connectivity index (χ0) is 22.8. The number of anilines is 1. The third-order valence-corrected chi connectivity index (χ3v) is 5.70. The molecule has 0 spiro atoms. The molecule has 1 amide bonds. The number of para-hydroxylation sites is 1. The van der Waals surface area contributed by atoms with E-state index in [9.17, 15) is 9.59 Å². The van der Waals surface area contributed by atoms with Gasteiger partial charge in [-0.2, -0.15) is 0 Å². The maximum Gasteiger partial charge on any atom is 0.265 e. The van der Waals surface area contributed by atoms with E-state index in [2.05, 4.69) is 10.3 Å². The summed E-state index contributed by atoms with van der Waals surface area (Å²) >= 11 is 17.9. The van der Waals surface area contributed by atoms with Crippen LogP contribution >= 0.6 is 34.8 Å². The van der Waals surface area contributed by atoms with E-state index in [1.807, 2.05) is 6.07 Å². The summed E-state index contributed by atoms with van der Waals surface area (Å²) < 4.78 is 6.96. The van der Waals surface area contributed by atoms with Crippen molar-refractivity contribution < 1.29 is 9.53 Å². The first kappa shape index (κ1) is 22.1. The summed E-state index contributed by atoms with van der Waals surface area (Å²) in [5.41, 5.74) is 1.68. The Morgan fingerprint density at radius 3 is 2.44 bits per heavy atom. The molecule has 3 aromatic carbocycles. The van der Waals surface area contributed by atoms with Crippen LogP contribution in [0.5, 0.6) is 5.75 Å². The first-order valence-electron chi connectivity index (χ1n) is 9.49. The number of hydrogen-bond donors (Lipinski definition) is 1. The molecule has 4 rings (SSSR count). The number of aryl methyl sites for hydroxylation is 1. The zero-order valence-corrected chi connectivity index (χ0v) is 19.0. The number of aromatic nitrogens is 2. The number of fused-ring (bicyclic) bond motifs is 1. The second-order valence-corrected chi connectivity index (χ2v) is 8.12. The maximum absolute atomic E-state index is 12.9. The van der Waals surface area contributed by atoms with Gasteiger partial charge in [0.05, 0.1) is 31.7 Å². The Balaban J connectivity index is 1.48. The van der Waals surface area contributed by atoms with Gasteiger partial charge in [-0.1, -0.05) is 46.9 Å². The fourth-order valence-corrected chi connectivity index (χ4v) is 3.79. The van der Waals surface area contributed by atoms with Gasteiger partial charge in [0, 0.05) is 11.8 Å². The van der Waals surface area contributed by atoms with Crippen molar-refractivity contribution in [2.75, 3.05) is 11.9 Å². The van der Waals surface area contributed by atoms with Crippen LogP contribution in [0.15, 0.2) is 65.5 Å². The number of nitrogens with zero attached hydrogens (tertiary/aromatic N) is 2. The second kappa shape index (κ2) is 9.20. The second-order valence-electron chi connectivity index (χ2n) is 6.90. The molecule has 0 fully saturated rings. The molecule has 9 heteroatoms. The van der Waals surface area contributed by atoms with Crippen LogP contribution in [0.25, 0.3) is 16.6 Å². The van der Waals surface area contributed by atoms with Crippen LogP contribution in [-0.4, -0.2) is 22.1 Å². The smallest absolute Gasteiger partial charge is 0.265 e. The van der Waals surface area contributed by atoms with E-state index in [4.69, 9.17) is 39.5 Å². The summed E-state index contributed by atoms with van der Waals surface area (Å²) in [7, 11) is 0. The first-order valence-corrected chi connectivity index (χ1v) is 10.6. The summed E-state index contributed by atoms with van der Waals surface area (Å²) in [5.74, 6) is 0.434. The molecule has 0 aliphatic heterocycles. The molecule has 0 atom stereocenters. The quantitative estimate of drug-likeness (QED) is 0.367. The Morgan fingerprint density at radius 2 is 1.69 bits per heavy atom. The number of nitrogens with one attached hydrogen (secondary N) is 1. The highest BCUT2D eigenvalue weighted by molar-refractivity contribution is 6.43. The predicted molar refractivity (Wildman–Crippen MR) is 128 cm³/mol. The fourth-order valence-electron chi connectivity index (χ4n) is 3.20. The van der Waals surface area contributed by atoms with Crippen LogP contribution in [0.4, 0.5) is 5.69 Å². The van der Waals surface area contributed by atoms with E-state index in [0.717, 1.165) is 0 Å². The summed E-state index contributed by atoms with van der Waals surface area (Å²) in [6, 6.07) is 16.9. The average molecular weight is 489 g/mol. The van der Waals surface area contributed by atoms with Gasteiger partial charge in [-0.25, -0.2) is 4.98 Å². The van der Waals surface area contributed by atoms with Crippen molar-refractivity contribution in [2.24, 2.45) is 0 Å². The lowest BCUT2D eigenvalue weighted by Crippen LogP contribution is -2.22. The number of carbonyl (C=O) groups is 1. The molecule has 4 aromatic rings. The third kappa shape index (κ3) is 4.58. The van der Waals surface area contributed by atoms with Crippen molar-refractivity contribution in [3.8, 4) is 11.4 Å². The molecular formula is C23H16Cl3N3O3. The molecule has 0 saturated heterocycles. The molecule has 1 aromatic heterocycles. The Labute approximate surface area is 198 Å². The van der Waals surface area contributed by atoms with Crippen LogP contribution in [-0.2, 0) is 4.79 Å². The fraction of sp³-hybridized carbons (Fsp3) is 0.0870. The number of rotatable bonds is 5. The van der Waals surface area contributed by atoms with Crippen molar-refractivity contribution >= 4 is 57.3 Å². The topological polar surface area (TPSA) is 73.2 Å². The van der Waals surface area contributed by atoms with Gasteiger partial charge in [-0.15, -0.1) is 0 Å². The average Bonchev–Trinajstić information content (AvgIpc) is 2.76. The largest absolute Gasteiger partial charge is 0.482 e. The van der Waals surface area contributed by atoms with Crippen LogP contribution in [0.3, 0.4) is 0 Å². The highest BCUT2D eigenvalue weighted by Gasteiger charge is 2.12. The molecule has 6 nitrogen and oxygen atoms in total. The molecule has 0 aliphatic carbocycles. The van der Waals surface area contributed by atoms with E-state index < -0.39 is 0 Å². The lowest BCUT2D eigenvalue weighted by Gasteiger charge is -2.12. The number of hydrogen-bond acceptors (Lipinski definition) is 4. The van der Waals surface area contributed by atoms with E-state index in [-0.39, 0.29) is 33.9 Å². The van der Waals surface area contributed by atoms with Gasteiger partial charge in [0.25, 0.3) is 11.5 Å². The normalized spacial score (nSPS) is 10.9. The van der Waals surface area contributed by atoms with E-state index in [0.29, 0.717) is 33.1 Å². The van der Waals surface area contributed by atoms with Gasteiger partial charge >= 0.3 is 0 Å². The van der Waals surface area contributed by atoms with Crippen LogP contribution in [0, 0.1) is 6.92 Å². The minimum Gasteiger partial charge on any atom is -0.482 e. The number of ether oxygens (including phenoxy) is 1. The lowest BCUT2D eigenvalue weighted by molar-refractivity contribution is -0.118. The predicted octanol–water partition coefficient (Wildman–Crippen LogP) is 5.67. The highest BCUT2D eigenvalue weighted by atomic mass is 35.5. The molecule has 32 heavy (non-hydrogen) atoms. The maximum atomic E-state index is 12.9. The molecule has 0 aliphatic rings. The molecule has 0 bridgehead atoms. The molecule has 1 N–H and O–H groups in total. The SMILES string of the molecule is Cc1nc2ccccc2c(=O)n1-c1ccc(NC(=O)COc2cc(Cl)c(Cl)cc2Cl)cc1. The first-order chi connectivity index (χ1) is 15.3. The van der Waals surface area contributed by atoms with Crippen molar-refractivity contribution in [1.29, 1.82) is 0 Å². The Morgan fingerprint density at radius 1 is 1.00 bits per heavy atom. The molecule has 1 heterocycles. The van der Waals surface area contributed by atoms with Gasteiger partial charge in [-0.3, -0.25) is 14.2 Å². The molecule has 0 unspecified atom stereocenters. The molecule has 162 valence electrons. The molecular weight excluding hydrogens is 473 g/mol. The third-order valence-electron chi connectivity index (χ3n) is 4.69. The summed E-state index contributed by atoms with van der Waals surface area (Å²) in [6.45, 7) is 1.50. The minimum atomic E-state index is -0.388. The van der Waals surface area contributed by atoms with E-state index >= 15 is 0 Å². The van der Waals surface area contributed by atoms with E-state index in [1.165, 1.54) is 16.7 Å². The standard InChI is InChI=1S/C23H16Cl3N3O3/c1-13-27-20-5-3-2-4-16(20)23(31)29(13)15-8-6-14(7-9-15)28-22(30)12-32-21-11-18(25)17(24)10-19(21)26/h2-11H,12H2,1H3,(H,28,30). The van der Waals surface area contributed by atoms with Crippen molar-refractivity contribution in [3.63, 3.8) is 0 Å². The number of halogens is 3. The number of carbonyl (C=O) groups excluding carboxylic acids is 1. The van der Waals surface area contributed by atoms with Gasteiger partial charge in [0.15, 0.2) is 6.61 Å². The Bertz CT molecular complexity index is 1390. The van der Waals surface area contributed by atoms with Crippen molar-refractivity contribution in [3.05, 3.63) is 91.9 Å². The lowest BCUT2D eigenvalue weighted by atomic mass is 10.2. The summed E-state index contributed by atoms with van der Waals surface area (Å²) in [6.07, 6.45) is 0. The molecule has 0 saturated carbocycles. The minimum absolute atomic E-state index is 0.156. The van der Waals surface area contributed by atoms with Crippen LogP contribution in [0.2, 0.25) is 15.1 Å². The van der Waals surface area contributed by atoms with Crippen molar-refractivity contribution in [1.82, 2.24) is 9.55 Å². The van der Waals surface area contributed by atoms with Crippen LogP contribution < -0.4 is 15.6 Å².